The van der Waals surface area contributed by atoms with Crippen molar-refractivity contribution in [1.29, 1.82) is 0 Å². The molecule has 3 aromatic rings. The molecule has 24 heavy (non-hydrogen) atoms. The number of benzene rings is 1. The van der Waals surface area contributed by atoms with Crippen LogP contribution in [0.15, 0.2) is 41.9 Å². The summed E-state index contributed by atoms with van der Waals surface area (Å²) in [6.07, 6.45) is 4.20. The average molecular weight is 336 g/mol. The molecule has 0 spiro atoms. The molecule has 0 aliphatic heterocycles. The van der Waals surface area contributed by atoms with Gasteiger partial charge in [0, 0.05) is 17.0 Å². The second-order valence-electron chi connectivity index (χ2n) is 5.71. The summed E-state index contributed by atoms with van der Waals surface area (Å²) >= 11 is 1.56. The SMILES string of the molecule is O=C(NCc1cnc2scc(C#CC3CC3)n12)Nc1ccccc1. The number of rotatable bonds is 3. The molecular weight excluding hydrogens is 320 g/mol. The van der Waals surface area contributed by atoms with Crippen LogP contribution >= 0.6 is 11.3 Å². The van der Waals surface area contributed by atoms with E-state index < -0.39 is 0 Å². The van der Waals surface area contributed by atoms with E-state index >= 15 is 0 Å². The van der Waals surface area contributed by atoms with Crippen molar-refractivity contribution in [3.63, 3.8) is 0 Å². The summed E-state index contributed by atoms with van der Waals surface area (Å²) in [6, 6.07) is 9.13. The number of hydrogen-bond acceptors (Lipinski definition) is 3. The molecule has 0 atom stereocenters. The van der Waals surface area contributed by atoms with Gasteiger partial charge in [-0.3, -0.25) is 4.40 Å². The number of para-hydroxylation sites is 1. The molecule has 0 radical (unpaired) electrons. The minimum atomic E-state index is -0.239. The number of nitrogens with one attached hydrogen (secondary N) is 2. The normalized spacial score (nSPS) is 13.3. The zero-order valence-electron chi connectivity index (χ0n) is 13.0. The van der Waals surface area contributed by atoms with E-state index in [1.54, 1.807) is 17.5 Å². The minimum Gasteiger partial charge on any atom is -0.332 e. The molecule has 2 heterocycles. The van der Waals surface area contributed by atoms with Gasteiger partial charge in [0.25, 0.3) is 0 Å². The van der Waals surface area contributed by atoms with Gasteiger partial charge in [-0.1, -0.05) is 24.1 Å². The molecule has 2 amide bonds. The van der Waals surface area contributed by atoms with E-state index in [2.05, 4.69) is 27.5 Å². The molecule has 6 heteroatoms. The Morgan fingerprint density at radius 3 is 2.96 bits per heavy atom. The summed E-state index contributed by atoms with van der Waals surface area (Å²) in [6.45, 7) is 0.397. The lowest BCUT2D eigenvalue weighted by Crippen LogP contribution is -2.28. The lowest BCUT2D eigenvalue weighted by atomic mass is 10.3. The van der Waals surface area contributed by atoms with Crippen LogP contribution in [-0.2, 0) is 6.54 Å². The van der Waals surface area contributed by atoms with E-state index in [4.69, 9.17) is 0 Å². The van der Waals surface area contributed by atoms with Gasteiger partial charge < -0.3 is 10.6 Å². The van der Waals surface area contributed by atoms with Gasteiger partial charge in [0.05, 0.1) is 18.4 Å². The largest absolute Gasteiger partial charge is 0.332 e. The minimum absolute atomic E-state index is 0.239. The fraction of sp³-hybridized carbons (Fsp3) is 0.222. The Hall–Kier alpha value is -2.78. The lowest BCUT2D eigenvalue weighted by molar-refractivity contribution is 0.251. The average Bonchev–Trinajstić information content (AvgIpc) is 3.20. The van der Waals surface area contributed by atoms with Crippen molar-refractivity contribution >= 4 is 28.0 Å². The van der Waals surface area contributed by atoms with Gasteiger partial charge in [0.2, 0.25) is 0 Å². The van der Waals surface area contributed by atoms with Gasteiger partial charge in [0.15, 0.2) is 4.96 Å². The third-order valence-corrected chi connectivity index (χ3v) is 4.60. The van der Waals surface area contributed by atoms with Crippen LogP contribution in [0.4, 0.5) is 10.5 Å². The fourth-order valence-corrected chi connectivity index (χ4v) is 3.17. The van der Waals surface area contributed by atoms with Crippen LogP contribution in [0.5, 0.6) is 0 Å². The smallest absolute Gasteiger partial charge is 0.319 e. The van der Waals surface area contributed by atoms with Crippen molar-refractivity contribution < 1.29 is 4.79 Å². The van der Waals surface area contributed by atoms with Gasteiger partial charge in [-0.2, -0.15) is 0 Å². The Kier molecular flexibility index (Phi) is 3.93. The zero-order valence-corrected chi connectivity index (χ0v) is 13.8. The molecule has 1 aliphatic carbocycles. The van der Waals surface area contributed by atoms with Crippen LogP contribution in [0.2, 0.25) is 0 Å². The molecule has 1 aromatic carbocycles. The van der Waals surface area contributed by atoms with E-state index in [1.165, 1.54) is 12.8 Å². The lowest BCUT2D eigenvalue weighted by Gasteiger charge is -2.07. The summed E-state index contributed by atoms with van der Waals surface area (Å²) < 4.78 is 2.02. The maximum absolute atomic E-state index is 12.0. The number of imidazole rings is 1. The predicted molar refractivity (Wildman–Crippen MR) is 95.0 cm³/mol. The first-order valence-corrected chi connectivity index (χ1v) is 8.73. The fourth-order valence-electron chi connectivity index (χ4n) is 2.35. The third-order valence-electron chi connectivity index (χ3n) is 3.76. The van der Waals surface area contributed by atoms with E-state index in [0.717, 1.165) is 22.0 Å². The summed E-state index contributed by atoms with van der Waals surface area (Å²) in [5, 5.41) is 7.69. The van der Waals surface area contributed by atoms with Crippen LogP contribution in [0.1, 0.15) is 24.2 Å². The molecule has 120 valence electrons. The van der Waals surface area contributed by atoms with Crippen LogP contribution < -0.4 is 10.6 Å². The third kappa shape index (κ3) is 3.26. The topological polar surface area (TPSA) is 58.4 Å². The van der Waals surface area contributed by atoms with E-state index in [9.17, 15) is 4.79 Å². The summed E-state index contributed by atoms with van der Waals surface area (Å²) in [4.78, 5) is 17.3. The number of anilines is 1. The summed E-state index contributed by atoms with van der Waals surface area (Å²) in [5.41, 5.74) is 2.63. The molecule has 1 fully saturated rings. The first-order chi connectivity index (χ1) is 11.8. The highest BCUT2D eigenvalue weighted by atomic mass is 32.1. The predicted octanol–water partition coefficient (Wildman–Crippen LogP) is 3.48. The highest BCUT2D eigenvalue weighted by Crippen LogP contribution is 2.28. The zero-order chi connectivity index (χ0) is 16.4. The maximum Gasteiger partial charge on any atom is 0.319 e. The molecule has 2 aromatic heterocycles. The number of aromatic nitrogens is 2. The van der Waals surface area contributed by atoms with Gasteiger partial charge >= 0.3 is 6.03 Å². The number of nitrogens with zero attached hydrogens (tertiary/aromatic N) is 2. The first kappa shape index (κ1) is 14.8. The molecular formula is C18H16N4OS. The van der Waals surface area contributed by atoms with Crippen molar-refractivity contribution in [2.75, 3.05) is 5.32 Å². The molecule has 4 rings (SSSR count). The summed E-state index contributed by atoms with van der Waals surface area (Å²) in [7, 11) is 0. The molecule has 1 aliphatic rings. The number of amides is 2. The van der Waals surface area contributed by atoms with Crippen LogP contribution in [-0.4, -0.2) is 15.4 Å². The highest BCUT2D eigenvalue weighted by molar-refractivity contribution is 7.15. The Labute approximate surface area is 143 Å². The number of thiazole rings is 1. The van der Waals surface area contributed by atoms with E-state index in [1.807, 2.05) is 40.1 Å². The Balaban J connectivity index is 1.45. The molecule has 0 unspecified atom stereocenters. The summed E-state index contributed by atoms with van der Waals surface area (Å²) in [5.74, 6) is 7.07. The van der Waals surface area contributed by atoms with Crippen LogP contribution in [0.25, 0.3) is 4.96 Å². The number of urea groups is 1. The standard InChI is InChI=1S/C18H16N4OS/c23-17(21-14-4-2-1-3-5-14)19-10-16-11-20-18-22(16)15(12-24-18)9-8-13-6-7-13/h1-5,11-13H,6-7,10H2,(H2,19,21,23). The monoisotopic (exact) mass is 336 g/mol. The van der Waals surface area contributed by atoms with Crippen LogP contribution in [0, 0.1) is 17.8 Å². The molecule has 5 nitrogen and oxygen atoms in total. The van der Waals surface area contributed by atoms with Crippen LogP contribution in [0.3, 0.4) is 0 Å². The van der Waals surface area contributed by atoms with Crippen molar-refractivity contribution in [2.45, 2.75) is 19.4 Å². The van der Waals surface area contributed by atoms with Gasteiger partial charge in [0.1, 0.15) is 5.69 Å². The van der Waals surface area contributed by atoms with Crippen molar-refractivity contribution in [3.05, 3.63) is 53.3 Å². The second kappa shape index (κ2) is 6.38. The molecule has 0 bridgehead atoms. The Bertz CT molecular complexity index is 928. The number of hydrogen-bond donors (Lipinski definition) is 2. The van der Waals surface area contributed by atoms with Crippen molar-refractivity contribution in [1.82, 2.24) is 14.7 Å². The van der Waals surface area contributed by atoms with Gasteiger partial charge in [-0.15, -0.1) is 11.3 Å². The molecule has 0 saturated heterocycles. The molecule has 2 N–H and O–H groups in total. The Morgan fingerprint density at radius 2 is 2.17 bits per heavy atom. The van der Waals surface area contributed by atoms with E-state index in [-0.39, 0.29) is 6.03 Å². The van der Waals surface area contributed by atoms with E-state index in [0.29, 0.717) is 12.5 Å². The number of carbonyl (C=O) groups excluding carboxylic acids is 1. The highest BCUT2D eigenvalue weighted by Gasteiger charge is 2.18. The Morgan fingerprint density at radius 1 is 1.33 bits per heavy atom. The maximum atomic E-state index is 12.0. The quantitative estimate of drug-likeness (QED) is 0.720. The number of carbonyl (C=O) groups is 1. The van der Waals surface area contributed by atoms with Crippen molar-refractivity contribution in [3.8, 4) is 11.8 Å². The molecule has 1 saturated carbocycles. The first-order valence-electron chi connectivity index (χ1n) is 7.85. The second-order valence-corrected chi connectivity index (χ2v) is 6.54. The van der Waals surface area contributed by atoms with Crippen molar-refractivity contribution in [2.24, 2.45) is 5.92 Å². The van der Waals surface area contributed by atoms with Gasteiger partial charge in [-0.05, 0) is 30.9 Å². The number of fused-ring (bicyclic) bond motifs is 1. The van der Waals surface area contributed by atoms with Gasteiger partial charge in [-0.25, -0.2) is 9.78 Å².